The summed E-state index contributed by atoms with van der Waals surface area (Å²) in [6.07, 6.45) is 8.18. The number of hydrogen-bond acceptors (Lipinski definition) is 4. The monoisotopic (exact) mass is 604 g/mol. The van der Waals surface area contributed by atoms with Gasteiger partial charge in [-0.25, -0.2) is 0 Å². The van der Waals surface area contributed by atoms with Gasteiger partial charge in [-0.05, 0) is 77.3 Å². The van der Waals surface area contributed by atoms with Crippen LogP contribution in [0.4, 0.5) is 0 Å². The molecule has 0 saturated carbocycles. The molecule has 0 aliphatic rings. The zero-order chi connectivity index (χ0) is 34.0. The predicted molar refractivity (Wildman–Crippen MR) is 192 cm³/mol. The Kier molecular flexibility index (Phi) is 11.7. The molecule has 4 nitrogen and oxygen atoms in total. The fraction of sp³-hybridized carbons (Fsp3) is 0.600. The summed E-state index contributed by atoms with van der Waals surface area (Å²) in [7, 11) is 0. The summed E-state index contributed by atoms with van der Waals surface area (Å²) >= 11 is 0. The van der Waals surface area contributed by atoms with Crippen LogP contribution < -0.4 is 5.73 Å². The lowest BCUT2D eigenvalue weighted by molar-refractivity contribution is 0.371. The lowest BCUT2D eigenvalue weighted by atomic mass is 9.77. The third-order valence-electron chi connectivity index (χ3n) is 8.54. The molecule has 0 heterocycles. The predicted octanol–water partition coefficient (Wildman–Crippen LogP) is 10.9. The maximum atomic E-state index is 11.5. The SMILES string of the molecule is CC=C(c1cc(C(C)(C)C)c(O)c(C(C)(C)C)c1)N(C(=CC)c1cc(C(C)(C)C)c(O)c(C(C)(C)C)c1)C(N)CCCCC. The molecular formula is C40H64N2O2. The Morgan fingerprint density at radius 1 is 0.636 bits per heavy atom. The Bertz CT molecular complexity index is 1180. The highest BCUT2D eigenvalue weighted by molar-refractivity contribution is 5.79. The molecule has 0 radical (unpaired) electrons. The first-order chi connectivity index (χ1) is 20.0. The lowest BCUT2D eigenvalue weighted by Gasteiger charge is -2.38. The summed E-state index contributed by atoms with van der Waals surface area (Å²) in [5.41, 5.74) is 14.0. The molecule has 1 atom stereocenters. The van der Waals surface area contributed by atoms with Crippen molar-refractivity contribution in [2.24, 2.45) is 5.73 Å². The molecule has 0 aliphatic carbocycles. The van der Waals surface area contributed by atoms with Gasteiger partial charge in [0.1, 0.15) is 11.5 Å². The van der Waals surface area contributed by atoms with Crippen LogP contribution >= 0.6 is 0 Å². The van der Waals surface area contributed by atoms with E-state index < -0.39 is 0 Å². The number of hydrogen-bond donors (Lipinski definition) is 3. The average Bonchev–Trinajstić information content (AvgIpc) is 2.87. The standard InChI is InChI=1S/C40H64N2O2/c1-16-19-20-21-34(41)42(32(17-2)26-22-28(37(4,5)6)35(43)29(23-26)38(7,8)9)33(18-3)27-24-30(39(10,11)12)36(44)31(25-27)40(13,14)15/h17-18,22-25,34,43-44H,16,19-21,41H2,1-15H3. The van der Waals surface area contributed by atoms with Gasteiger partial charge in [-0.2, -0.15) is 0 Å². The average molecular weight is 605 g/mol. The van der Waals surface area contributed by atoms with E-state index in [2.05, 4.69) is 145 Å². The van der Waals surface area contributed by atoms with Crippen molar-refractivity contribution in [3.8, 4) is 11.5 Å². The summed E-state index contributed by atoms with van der Waals surface area (Å²) in [5.74, 6) is 0.745. The fourth-order valence-electron chi connectivity index (χ4n) is 5.96. The van der Waals surface area contributed by atoms with Crippen molar-refractivity contribution in [1.29, 1.82) is 0 Å². The van der Waals surface area contributed by atoms with Gasteiger partial charge >= 0.3 is 0 Å². The zero-order valence-corrected chi connectivity index (χ0v) is 30.8. The number of nitrogens with two attached hydrogens (primary N) is 1. The summed E-state index contributed by atoms with van der Waals surface area (Å²) in [4.78, 5) is 2.30. The molecule has 4 N–H and O–H groups in total. The molecule has 0 amide bonds. The summed E-state index contributed by atoms with van der Waals surface area (Å²) in [5, 5.41) is 23.0. The van der Waals surface area contributed by atoms with Crippen LogP contribution in [0, 0.1) is 0 Å². The van der Waals surface area contributed by atoms with Crippen molar-refractivity contribution in [1.82, 2.24) is 4.90 Å². The Morgan fingerprint density at radius 3 is 1.16 bits per heavy atom. The van der Waals surface area contributed by atoms with Crippen molar-refractivity contribution >= 4 is 11.4 Å². The van der Waals surface area contributed by atoms with Crippen LogP contribution in [0.25, 0.3) is 11.4 Å². The van der Waals surface area contributed by atoms with Crippen LogP contribution in [0.1, 0.15) is 163 Å². The number of phenolic OH excluding ortho intramolecular Hbond substituents is 2. The Balaban J connectivity index is 3.01. The highest BCUT2D eigenvalue weighted by atomic mass is 16.3. The van der Waals surface area contributed by atoms with Gasteiger partial charge in [0.25, 0.3) is 0 Å². The second-order valence-electron chi connectivity index (χ2n) is 16.6. The van der Waals surface area contributed by atoms with Crippen molar-refractivity contribution in [2.45, 2.75) is 157 Å². The van der Waals surface area contributed by atoms with Crippen molar-refractivity contribution in [2.75, 3.05) is 0 Å². The topological polar surface area (TPSA) is 69.7 Å². The Morgan fingerprint density at radius 2 is 0.932 bits per heavy atom. The van der Waals surface area contributed by atoms with Crippen LogP contribution in [0.15, 0.2) is 36.4 Å². The van der Waals surface area contributed by atoms with Crippen LogP contribution in [0.5, 0.6) is 11.5 Å². The van der Waals surface area contributed by atoms with Gasteiger partial charge in [-0.3, -0.25) is 0 Å². The third kappa shape index (κ3) is 8.50. The van der Waals surface area contributed by atoms with E-state index in [1.807, 2.05) is 0 Å². The zero-order valence-electron chi connectivity index (χ0n) is 30.8. The molecular weight excluding hydrogens is 540 g/mol. The summed E-state index contributed by atoms with van der Waals surface area (Å²) in [6, 6.07) is 8.60. The molecule has 4 heteroatoms. The maximum Gasteiger partial charge on any atom is 0.123 e. The molecule has 0 fully saturated rings. The van der Waals surface area contributed by atoms with Crippen molar-refractivity contribution in [3.63, 3.8) is 0 Å². The highest BCUT2D eigenvalue weighted by Crippen LogP contribution is 2.45. The van der Waals surface area contributed by atoms with E-state index in [1.54, 1.807) is 0 Å². The van der Waals surface area contributed by atoms with Gasteiger partial charge in [-0.1, -0.05) is 121 Å². The van der Waals surface area contributed by atoms with E-state index in [9.17, 15) is 10.2 Å². The van der Waals surface area contributed by atoms with E-state index in [-0.39, 0.29) is 27.8 Å². The highest BCUT2D eigenvalue weighted by Gasteiger charge is 2.32. The van der Waals surface area contributed by atoms with Gasteiger partial charge in [0.15, 0.2) is 0 Å². The van der Waals surface area contributed by atoms with Crippen molar-refractivity contribution in [3.05, 3.63) is 69.8 Å². The quantitative estimate of drug-likeness (QED) is 0.197. The molecule has 0 aromatic heterocycles. The second kappa shape index (κ2) is 13.7. The number of rotatable bonds is 9. The molecule has 2 aromatic rings. The molecule has 2 rings (SSSR count). The minimum atomic E-state index is -0.270. The number of aromatic hydroxyl groups is 2. The van der Waals surface area contributed by atoms with E-state index in [0.29, 0.717) is 11.5 Å². The minimum Gasteiger partial charge on any atom is -0.507 e. The summed E-state index contributed by atoms with van der Waals surface area (Å²) < 4.78 is 0. The summed E-state index contributed by atoms with van der Waals surface area (Å²) in [6.45, 7) is 32.2. The lowest BCUT2D eigenvalue weighted by Crippen LogP contribution is -2.40. The molecule has 0 bridgehead atoms. The van der Waals surface area contributed by atoms with E-state index >= 15 is 0 Å². The van der Waals surface area contributed by atoms with Gasteiger partial charge in [0.2, 0.25) is 0 Å². The molecule has 1 unspecified atom stereocenters. The molecule has 246 valence electrons. The van der Waals surface area contributed by atoms with E-state index in [1.165, 1.54) is 0 Å². The van der Waals surface area contributed by atoms with Crippen molar-refractivity contribution < 1.29 is 10.2 Å². The molecule has 0 saturated heterocycles. The maximum absolute atomic E-state index is 11.5. The van der Waals surface area contributed by atoms with E-state index in [0.717, 1.165) is 70.5 Å². The number of benzene rings is 2. The van der Waals surface area contributed by atoms with E-state index in [4.69, 9.17) is 5.73 Å². The normalized spacial score (nSPS) is 14.6. The van der Waals surface area contributed by atoms with Gasteiger partial charge in [0.05, 0.1) is 6.17 Å². The fourth-order valence-corrected chi connectivity index (χ4v) is 5.96. The van der Waals surface area contributed by atoms with Crippen LogP contribution in [0.3, 0.4) is 0 Å². The second-order valence-corrected chi connectivity index (χ2v) is 16.6. The van der Waals surface area contributed by atoms with Crippen LogP contribution in [0.2, 0.25) is 0 Å². The molecule has 0 aliphatic heterocycles. The van der Waals surface area contributed by atoms with Gasteiger partial charge < -0.3 is 20.8 Å². The van der Waals surface area contributed by atoms with Gasteiger partial charge in [-0.15, -0.1) is 0 Å². The first-order valence-corrected chi connectivity index (χ1v) is 16.6. The van der Waals surface area contributed by atoms with Crippen LogP contribution in [-0.2, 0) is 21.7 Å². The smallest absolute Gasteiger partial charge is 0.123 e. The largest absolute Gasteiger partial charge is 0.507 e. The Labute approximate surface area is 270 Å². The molecule has 0 spiro atoms. The first-order valence-electron chi connectivity index (χ1n) is 16.6. The molecule has 44 heavy (non-hydrogen) atoms. The number of allylic oxidation sites excluding steroid dienone is 2. The first kappa shape index (κ1) is 37.5. The minimum absolute atomic E-state index is 0.253. The molecule has 2 aromatic carbocycles. The van der Waals surface area contributed by atoms with Gasteiger partial charge in [0, 0.05) is 33.6 Å². The number of unbranched alkanes of at least 4 members (excludes halogenated alkanes) is 2. The van der Waals surface area contributed by atoms with Crippen LogP contribution in [-0.4, -0.2) is 21.3 Å². The Hall–Kier alpha value is -2.72. The number of phenols is 2. The number of nitrogens with zero attached hydrogens (tertiary/aromatic N) is 1. The third-order valence-corrected chi connectivity index (χ3v) is 8.54.